The van der Waals surface area contributed by atoms with Crippen LogP contribution in [0.2, 0.25) is 0 Å². The molecule has 1 heterocycles. The molecule has 0 saturated heterocycles. The van der Waals surface area contributed by atoms with E-state index in [1.807, 2.05) is 0 Å². The van der Waals surface area contributed by atoms with Crippen molar-refractivity contribution in [3.63, 3.8) is 0 Å². The van der Waals surface area contributed by atoms with Crippen LogP contribution in [-0.2, 0) is 12.8 Å². The molecular formula is C36H23N. The van der Waals surface area contributed by atoms with Crippen LogP contribution in [-0.4, -0.2) is 4.57 Å². The summed E-state index contributed by atoms with van der Waals surface area (Å²) in [5.74, 6) is 0. The lowest BCUT2D eigenvalue weighted by atomic mass is 9.83. The predicted molar refractivity (Wildman–Crippen MR) is 155 cm³/mol. The average Bonchev–Trinajstić information content (AvgIpc) is 3.46. The molecule has 0 saturated carbocycles. The fourth-order valence-corrected chi connectivity index (χ4v) is 7.00. The van der Waals surface area contributed by atoms with Gasteiger partial charge in [-0.3, -0.25) is 0 Å². The van der Waals surface area contributed by atoms with Gasteiger partial charge >= 0.3 is 0 Å². The van der Waals surface area contributed by atoms with Crippen molar-refractivity contribution < 1.29 is 0 Å². The van der Waals surface area contributed by atoms with Gasteiger partial charge in [0, 0.05) is 16.5 Å². The molecule has 172 valence electrons. The molecule has 0 spiro atoms. The first-order valence-electron chi connectivity index (χ1n) is 13.1. The minimum atomic E-state index is 1.00. The molecule has 1 nitrogen and oxygen atoms in total. The van der Waals surface area contributed by atoms with Gasteiger partial charge in [-0.1, -0.05) is 84.9 Å². The third-order valence-corrected chi connectivity index (χ3v) is 8.58. The summed E-state index contributed by atoms with van der Waals surface area (Å²) in [5, 5.41) is 5.36. The summed E-state index contributed by atoms with van der Waals surface area (Å²) >= 11 is 0. The van der Waals surface area contributed by atoms with Crippen molar-refractivity contribution >= 4 is 32.6 Å². The van der Waals surface area contributed by atoms with Gasteiger partial charge in [-0.05, 0) is 98.5 Å². The summed E-state index contributed by atoms with van der Waals surface area (Å²) in [6, 6.07) is 43.2. The van der Waals surface area contributed by atoms with Gasteiger partial charge in [-0.2, -0.15) is 0 Å². The van der Waals surface area contributed by atoms with Crippen molar-refractivity contribution in [3.05, 3.63) is 138 Å². The summed E-state index contributed by atoms with van der Waals surface area (Å²) < 4.78 is 2.49. The Morgan fingerprint density at radius 2 is 1.14 bits per heavy atom. The van der Waals surface area contributed by atoms with Crippen LogP contribution in [0.15, 0.2) is 115 Å². The van der Waals surface area contributed by atoms with Gasteiger partial charge < -0.3 is 4.57 Å². The molecule has 2 aliphatic rings. The van der Waals surface area contributed by atoms with E-state index < -0.39 is 0 Å². The van der Waals surface area contributed by atoms with Crippen LogP contribution >= 0.6 is 0 Å². The Labute approximate surface area is 215 Å². The minimum Gasteiger partial charge on any atom is -0.309 e. The van der Waals surface area contributed by atoms with E-state index >= 15 is 0 Å². The Morgan fingerprint density at radius 1 is 0.432 bits per heavy atom. The SMILES string of the molecule is c1ccc2c(c1)Cc1cc3c(cc1-2)c1ccccc1n3-c1cc2c3c(cccc3c1)Cc1ccccc1-2. The van der Waals surface area contributed by atoms with E-state index in [4.69, 9.17) is 0 Å². The lowest BCUT2D eigenvalue weighted by Gasteiger charge is -2.22. The second-order valence-corrected chi connectivity index (χ2v) is 10.6. The molecule has 0 atom stereocenters. The molecule has 0 fully saturated rings. The highest BCUT2D eigenvalue weighted by molar-refractivity contribution is 6.12. The summed E-state index contributed by atoms with van der Waals surface area (Å²) in [5.41, 5.74) is 15.0. The maximum atomic E-state index is 2.49. The second-order valence-electron chi connectivity index (χ2n) is 10.6. The number of hydrogen-bond donors (Lipinski definition) is 0. The van der Waals surface area contributed by atoms with Crippen LogP contribution < -0.4 is 0 Å². The molecule has 9 rings (SSSR count). The quantitative estimate of drug-likeness (QED) is 0.226. The second kappa shape index (κ2) is 6.99. The van der Waals surface area contributed by atoms with Crippen LogP contribution in [0.5, 0.6) is 0 Å². The van der Waals surface area contributed by atoms with Gasteiger partial charge in [-0.15, -0.1) is 0 Å². The van der Waals surface area contributed by atoms with E-state index in [2.05, 4.69) is 120 Å². The van der Waals surface area contributed by atoms with Gasteiger partial charge in [0.25, 0.3) is 0 Å². The molecular weight excluding hydrogens is 446 g/mol. The maximum absolute atomic E-state index is 2.49. The molecule has 0 aliphatic heterocycles. The Balaban J connectivity index is 1.39. The summed E-state index contributed by atoms with van der Waals surface area (Å²) in [7, 11) is 0. The summed E-state index contributed by atoms with van der Waals surface area (Å²) in [6.07, 6.45) is 2.00. The van der Waals surface area contributed by atoms with Crippen LogP contribution in [0, 0.1) is 0 Å². The first kappa shape index (κ1) is 19.6. The van der Waals surface area contributed by atoms with Crippen molar-refractivity contribution in [2.45, 2.75) is 12.8 Å². The van der Waals surface area contributed by atoms with Gasteiger partial charge in [0.1, 0.15) is 0 Å². The van der Waals surface area contributed by atoms with Crippen LogP contribution in [0.25, 0.3) is 60.5 Å². The fourth-order valence-electron chi connectivity index (χ4n) is 7.00. The summed E-state index contributed by atoms with van der Waals surface area (Å²) in [4.78, 5) is 0. The number of aromatic nitrogens is 1. The number of nitrogens with zero attached hydrogens (tertiary/aromatic N) is 1. The lowest BCUT2D eigenvalue weighted by molar-refractivity contribution is 1.16. The summed E-state index contributed by atoms with van der Waals surface area (Å²) in [6.45, 7) is 0. The standard InChI is InChI=1S/C36H23N/c1-3-12-28-23(9-1)17-26-19-35-32(21-31(26)28)30-14-5-6-15-34(30)37(35)27-18-25-11-7-10-24-16-22-8-2-4-13-29(22)33(20-27)36(24)25/h1-15,18-21H,16-17H2. The third kappa shape index (κ3) is 2.58. The highest BCUT2D eigenvalue weighted by Gasteiger charge is 2.23. The molecule has 0 N–H and O–H groups in total. The zero-order valence-electron chi connectivity index (χ0n) is 20.3. The van der Waals surface area contributed by atoms with Crippen molar-refractivity contribution in [2.24, 2.45) is 0 Å². The Bertz CT molecular complexity index is 2090. The molecule has 1 heteroatoms. The van der Waals surface area contributed by atoms with E-state index in [1.54, 1.807) is 0 Å². The normalized spacial score (nSPS) is 13.2. The zero-order chi connectivity index (χ0) is 24.1. The van der Waals surface area contributed by atoms with E-state index in [0.29, 0.717) is 0 Å². The number of para-hydroxylation sites is 1. The van der Waals surface area contributed by atoms with Crippen LogP contribution in [0.1, 0.15) is 22.3 Å². The monoisotopic (exact) mass is 469 g/mol. The number of rotatable bonds is 1. The van der Waals surface area contributed by atoms with Gasteiger partial charge in [0.05, 0.1) is 11.0 Å². The highest BCUT2D eigenvalue weighted by Crippen LogP contribution is 2.44. The molecule has 0 bridgehead atoms. The highest BCUT2D eigenvalue weighted by atomic mass is 15.0. The third-order valence-electron chi connectivity index (χ3n) is 8.58. The molecule has 6 aromatic carbocycles. The molecule has 7 aromatic rings. The number of fused-ring (bicyclic) bond motifs is 8. The van der Waals surface area contributed by atoms with Crippen molar-refractivity contribution in [2.75, 3.05) is 0 Å². The first-order valence-corrected chi connectivity index (χ1v) is 13.1. The van der Waals surface area contributed by atoms with E-state index in [9.17, 15) is 0 Å². The molecule has 2 aliphatic carbocycles. The van der Waals surface area contributed by atoms with E-state index in [0.717, 1.165) is 12.8 Å². The predicted octanol–water partition coefficient (Wildman–Crippen LogP) is 9.08. The van der Waals surface area contributed by atoms with Gasteiger partial charge in [0.2, 0.25) is 0 Å². The van der Waals surface area contributed by atoms with E-state index in [1.165, 1.54) is 82.8 Å². The van der Waals surface area contributed by atoms with Crippen molar-refractivity contribution in [3.8, 4) is 27.9 Å². The van der Waals surface area contributed by atoms with Crippen molar-refractivity contribution in [1.29, 1.82) is 0 Å². The van der Waals surface area contributed by atoms with Gasteiger partial charge in [0.15, 0.2) is 0 Å². The Hall–Kier alpha value is -4.62. The first-order chi connectivity index (χ1) is 18.3. The zero-order valence-corrected chi connectivity index (χ0v) is 20.3. The average molecular weight is 470 g/mol. The van der Waals surface area contributed by atoms with Crippen molar-refractivity contribution in [1.82, 2.24) is 4.57 Å². The molecule has 0 amide bonds. The smallest absolute Gasteiger partial charge is 0.0544 e. The minimum absolute atomic E-state index is 1.00. The number of benzene rings is 6. The maximum Gasteiger partial charge on any atom is 0.0544 e. The Kier molecular flexibility index (Phi) is 3.69. The number of hydrogen-bond acceptors (Lipinski definition) is 0. The lowest BCUT2D eigenvalue weighted by Crippen LogP contribution is -2.03. The van der Waals surface area contributed by atoms with Crippen LogP contribution in [0.3, 0.4) is 0 Å². The molecule has 0 unspecified atom stereocenters. The fraction of sp³-hybridized carbons (Fsp3) is 0.0556. The van der Waals surface area contributed by atoms with Crippen LogP contribution in [0.4, 0.5) is 0 Å². The molecule has 1 aromatic heterocycles. The van der Waals surface area contributed by atoms with Gasteiger partial charge in [-0.25, -0.2) is 0 Å². The molecule has 0 radical (unpaired) electrons. The topological polar surface area (TPSA) is 4.93 Å². The molecule has 37 heavy (non-hydrogen) atoms. The Morgan fingerprint density at radius 3 is 2.00 bits per heavy atom. The largest absolute Gasteiger partial charge is 0.309 e. The van der Waals surface area contributed by atoms with E-state index in [-0.39, 0.29) is 0 Å².